The lowest BCUT2D eigenvalue weighted by atomic mass is 10.3. The Kier molecular flexibility index (Phi) is 3.81. The number of hydrogen-bond acceptors (Lipinski definition) is 3. The van der Waals surface area contributed by atoms with Gasteiger partial charge in [0.15, 0.2) is 0 Å². The Morgan fingerprint density at radius 1 is 1.33 bits per heavy atom. The van der Waals surface area contributed by atoms with Gasteiger partial charge >= 0.3 is 9.26 Å². The van der Waals surface area contributed by atoms with Gasteiger partial charge in [-0.15, -0.1) is 0 Å². The number of para-hydroxylation sites is 1. The summed E-state index contributed by atoms with van der Waals surface area (Å²) in [5.74, 6) is -0.793. The number of nitrogens with one attached hydrogen (secondary N) is 1. The standard InChI is InChI=1S/C8H6Br2N2O3/c9-8(10,12(14)15)7(13)11-6-4-2-1-3-5-6/h1-5H,(H,11,13). The monoisotopic (exact) mass is 336 g/mol. The van der Waals surface area contributed by atoms with Crippen molar-refractivity contribution in [1.29, 1.82) is 0 Å². The molecule has 0 spiro atoms. The molecule has 1 N–H and O–H groups in total. The highest BCUT2D eigenvalue weighted by atomic mass is 79.9. The molecule has 7 heteroatoms. The van der Waals surface area contributed by atoms with Crippen molar-refractivity contribution in [2.75, 3.05) is 5.32 Å². The second kappa shape index (κ2) is 4.71. The van der Waals surface area contributed by atoms with Gasteiger partial charge < -0.3 is 5.32 Å². The van der Waals surface area contributed by atoms with E-state index in [4.69, 9.17) is 0 Å². The van der Waals surface area contributed by atoms with Gasteiger partial charge in [0.05, 0.1) is 4.92 Å². The number of nitro groups is 1. The highest BCUT2D eigenvalue weighted by Gasteiger charge is 2.45. The van der Waals surface area contributed by atoms with Gasteiger partial charge in [0.25, 0.3) is 0 Å². The molecule has 0 aliphatic heterocycles. The minimum Gasteiger partial charge on any atom is -0.318 e. The molecule has 5 nitrogen and oxygen atoms in total. The van der Waals surface area contributed by atoms with Crippen LogP contribution in [0.2, 0.25) is 0 Å². The number of halogens is 2. The van der Waals surface area contributed by atoms with E-state index < -0.39 is 14.2 Å². The van der Waals surface area contributed by atoms with Crippen molar-refractivity contribution in [3.63, 3.8) is 0 Å². The molecule has 0 saturated carbocycles. The Hall–Kier alpha value is -0.950. The fraction of sp³-hybridized carbons (Fsp3) is 0.125. The van der Waals surface area contributed by atoms with E-state index >= 15 is 0 Å². The summed E-state index contributed by atoms with van der Waals surface area (Å²) in [4.78, 5) is 21.2. The molecule has 0 aromatic heterocycles. The predicted octanol–water partition coefficient (Wildman–Crippen LogP) is 2.35. The van der Waals surface area contributed by atoms with Gasteiger partial charge in [0, 0.05) is 37.5 Å². The number of anilines is 1. The van der Waals surface area contributed by atoms with Crippen LogP contribution in [0.4, 0.5) is 5.69 Å². The van der Waals surface area contributed by atoms with E-state index in [1.54, 1.807) is 30.3 Å². The van der Waals surface area contributed by atoms with E-state index in [0.29, 0.717) is 5.69 Å². The molecule has 0 aliphatic rings. The molecule has 0 bridgehead atoms. The van der Waals surface area contributed by atoms with Crippen LogP contribution in [0.15, 0.2) is 30.3 Å². The second-order valence-corrected chi connectivity index (χ2v) is 5.98. The zero-order valence-corrected chi connectivity index (χ0v) is 10.5. The molecule has 0 saturated heterocycles. The number of hydrogen-bond donors (Lipinski definition) is 1. The number of carbonyl (C=O) groups excluding carboxylic acids is 1. The molecule has 15 heavy (non-hydrogen) atoms. The van der Waals surface area contributed by atoms with Gasteiger partial charge in [-0.1, -0.05) is 18.2 Å². The SMILES string of the molecule is O=C(Nc1ccccc1)C(Br)(Br)[N+](=O)[O-]. The van der Waals surface area contributed by atoms with E-state index in [9.17, 15) is 14.9 Å². The normalized spacial score (nSPS) is 10.8. The van der Waals surface area contributed by atoms with E-state index in [1.807, 2.05) is 0 Å². The zero-order chi connectivity index (χ0) is 11.5. The fourth-order valence-corrected chi connectivity index (χ4v) is 1.01. The summed E-state index contributed by atoms with van der Waals surface area (Å²) in [5.41, 5.74) is 0.493. The van der Waals surface area contributed by atoms with Crippen LogP contribution in [0.1, 0.15) is 0 Å². The molecule has 1 aromatic rings. The molecule has 0 unspecified atom stereocenters. The maximum absolute atomic E-state index is 11.4. The quantitative estimate of drug-likeness (QED) is 0.398. The van der Waals surface area contributed by atoms with Crippen LogP contribution in [-0.4, -0.2) is 14.2 Å². The van der Waals surface area contributed by atoms with Gasteiger partial charge in [0.1, 0.15) is 0 Å². The molecule has 0 radical (unpaired) electrons. The van der Waals surface area contributed by atoms with E-state index in [0.717, 1.165) is 0 Å². The third-order valence-electron chi connectivity index (χ3n) is 1.53. The summed E-state index contributed by atoms with van der Waals surface area (Å²) in [6.07, 6.45) is 0. The molecule has 80 valence electrons. The fourth-order valence-electron chi connectivity index (χ4n) is 0.811. The van der Waals surface area contributed by atoms with E-state index in [2.05, 4.69) is 37.2 Å². The van der Waals surface area contributed by atoms with Crippen LogP contribution in [-0.2, 0) is 4.79 Å². The number of alkyl halides is 2. The second-order valence-electron chi connectivity index (χ2n) is 2.62. The van der Waals surface area contributed by atoms with Crippen molar-refractivity contribution >= 4 is 43.5 Å². The molecule has 0 heterocycles. The number of benzene rings is 1. The summed E-state index contributed by atoms with van der Waals surface area (Å²) < 4.78 is -1.99. The van der Waals surface area contributed by atoms with Crippen LogP contribution >= 0.6 is 31.9 Å². The van der Waals surface area contributed by atoms with Crippen molar-refractivity contribution < 1.29 is 9.72 Å². The summed E-state index contributed by atoms with van der Waals surface area (Å²) >= 11 is 5.35. The third-order valence-corrected chi connectivity index (χ3v) is 2.83. The molecule has 1 aromatic carbocycles. The molecule has 1 amide bonds. The first-order valence-electron chi connectivity index (χ1n) is 3.83. The Morgan fingerprint density at radius 2 is 1.87 bits per heavy atom. The maximum atomic E-state index is 11.4. The summed E-state index contributed by atoms with van der Waals surface area (Å²) in [7, 11) is 0. The zero-order valence-electron chi connectivity index (χ0n) is 7.31. The van der Waals surface area contributed by atoms with Crippen LogP contribution < -0.4 is 5.32 Å². The van der Waals surface area contributed by atoms with Crippen molar-refractivity contribution in [3.8, 4) is 0 Å². The number of nitrogens with zero attached hydrogens (tertiary/aromatic N) is 1. The predicted molar refractivity (Wildman–Crippen MR) is 62.7 cm³/mol. The number of carbonyl (C=O) groups is 1. The maximum Gasteiger partial charge on any atom is 0.403 e. The summed E-state index contributed by atoms with van der Waals surface area (Å²) in [6.45, 7) is 0. The first-order chi connectivity index (χ1) is 6.94. The molecule has 0 atom stereocenters. The average molecular weight is 338 g/mol. The van der Waals surface area contributed by atoms with Gasteiger partial charge in [-0.05, 0) is 12.1 Å². The van der Waals surface area contributed by atoms with Gasteiger partial charge in [-0.3, -0.25) is 14.9 Å². The Bertz CT molecular complexity index is 381. The van der Waals surface area contributed by atoms with Gasteiger partial charge in [0.2, 0.25) is 0 Å². The van der Waals surface area contributed by atoms with E-state index in [-0.39, 0.29) is 0 Å². The Morgan fingerprint density at radius 3 is 2.33 bits per heavy atom. The van der Waals surface area contributed by atoms with Crippen LogP contribution in [0.5, 0.6) is 0 Å². The van der Waals surface area contributed by atoms with Crippen molar-refractivity contribution in [3.05, 3.63) is 40.4 Å². The van der Waals surface area contributed by atoms with Crippen molar-refractivity contribution in [2.45, 2.75) is 3.36 Å². The molecular formula is C8H6Br2N2O3. The van der Waals surface area contributed by atoms with Crippen LogP contribution in [0, 0.1) is 10.1 Å². The number of rotatable bonds is 3. The molecule has 0 fully saturated rings. The average Bonchev–Trinajstić information content (AvgIpc) is 2.18. The van der Waals surface area contributed by atoms with Crippen molar-refractivity contribution in [1.82, 2.24) is 0 Å². The molecule has 1 rings (SSSR count). The van der Waals surface area contributed by atoms with Crippen LogP contribution in [0.25, 0.3) is 0 Å². The van der Waals surface area contributed by atoms with Crippen LogP contribution in [0.3, 0.4) is 0 Å². The lowest BCUT2D eigenvalue weighted by Gasteiger charge is -2.11. The lowest BCUT2D eigenvalue weighted by Crippen LogP contribution is -2.38. The van der Waals surface area contributed by atoms with Gasteiger partial charge in [-0.25, -0.2) is 0 Å². The van der Waals surface area contributed by atoms with Gasteiger partial charge in [-0.2, -0.15) is 0 Å². The first-order valence-corrected chi connectivity index (χ1v) is 5.42. The van der Waals surface area contributed by atoms with Crippen molar-refractivity contribution in [2.24, 2.45) is 0 Å². The smallest absolute Gasteiger partial charge is 0.318 e. The third kappa shape index (κ3) is 3.00. The number of amides is 1. The molecular weight excluding hydrogens is 332 g/mol. The summed E-state index contributed by atoms with van der Waals surface area (Å²) in [6, 6.07) is 8.47. The Labute approximate surface area is 102 Å². The topological polar surface area (TPSA) is 72.2 Å². The highest BCUT2D eigenvalue weighted by Crippen LogP contribution is 2.28. The Balaban J connectivity index is 2.77. The van der Waals surface area contributed by atoms with E-state index in [1.165, 1.54) is 0 Å². The summed E-state index contributed by atoms with van der Waals surface area (Å²) in [5, 5.41) is 12.9. The minimum absolute atomic E-state index is 0.493. The largest absolute Gasteiger partial charge is 0.403 e. The lowest BCUT2D eigenvalue weighted by molar-refractivity contribution is -0.489. The molecule has 0 aliphatic carbocycles. The first kappa shape index (κ1) is 12.1. The highest BCUT2D eigenvalue weighted by molar-refractivity contribution is 9.25. The minimum atomic E-state index is -1.99.